The molecule has 1 atom stereocenters. The molecule has 0 bridgehead atoms. The molecule has 2 aromatic carbocycles. The minimum Gasteiger partial charge on any atom is -0.478 e. The Morgan fingerprint density at radius 2 is 2.04 bits per heavy atom. The standard InChI is InChI=1S/C18H15Cl2N3O5/c1-2-15-18(25)22(14-8-11(23(26)27)4-6-16(14)28-15)9-17(24)21-13-5-3-10(19)7-12(13)20/h3-8,15H,2,9H2,1H3,(H,21,24). The van der Waals surface area contributed by atoms with Crippen LogP contribution in [0.15, 0.2) is 36.4 Å². The minimum atomic E-state index is -0.777. The number of nitro groups is 1. The number of carbonyl (C=O) groups is 2. The largest absolute Gasteiger partial charge is 0.478 e. The van der Waals surface area contributed by atoms with Crippen LogP contribution in [-0.2, 0) is 9.59 Å². The lowest BCUT2D eigenvalue weighted by Gasteiger charge is -2.33. The molecular formula is C18H15Cl2N3O5. The van der Waals surface area contributed by atoms with Crippen molar-refractivity contribution in [3.63, 3.8) is 0 Å². The summed E-state index contributed by atoms with van der Waals surface area (Å²) in [5.41, 5.74) is 0.292. The molecule has 8 nitrogen and oxygen atoms in total. The lowest BCUT2D eigenvalue weighted by Crippen LogP contribution is -2.48. The highest BCUT2D eigenvalue weighted by atomic mass is 35.5. The van der Waals surface area contributed by atoms with Gasteiger partial charge in [0.2, 0.25) is 5.91 Å². The smallest absolute Gasteiger partial charge is 0.271 e. The zero-order chi connectivity index (χ0) is 20.4. The number of amides is 2. The number of fused-ring (bicyclic) bond motifs is 1. The summed E-state index contributed by atoms with van der Waals surface area (Å²) in [5, 5.41) is 14.4. The number of anilines is 2. The summed E-state index contributed by atoms with van der Waals surface area (Å²) in [5.74, 6) is -0.672. The Hall–Kier alpha value is -2.84. The number of non-ortho nitro benzene ring substituents is 1. The highest BCUT2D eigenvalue weighted by Gasteiger charge is 2.35. The molecule has 1 unspecified atom stereocenters. The number of halogens is 2. The van der Waals surface area contributed by atoms with Crippen LogP contribution < -0.4 is 15.0 Å². The fourth-order valence-corrected chi connectivity index (χ4v) is 3.23. The van der Waals surface area contributed by atoms with Crippen molar-refractivity contribution in [3.8, 4) is 5.75 Å². The van der Waals surface area contributed by atoms with E-state index in [0.29, 0.717) is 22.9 Å². The zero-order valence-electron chi connectivity index (χ0n) is 14.6. The third kappa shape index (κ3) is 4.02. The predicted octanol–water partition coefficient (Wildman–Crippen LogP) is 4.04. The highest BCUT2D eigenvalue weighted by Crippen LogP contribution is 2.37. The number of ether oxygens (including phenoxy) is 1. The normalized spacial score (nSPS) is 15.6. The van der Waals surface area contributed by atoms with Crippen LogP contribution in [-0.4, -0.2) is 29.4 Å². The monoisotopic (exact) mass is 423 g/mol. The van der Waals surface area contributed by atoms with Crippen LogP contribution in [0.2, 0.25) is 10.0 Å². The number of nitrogens with zero attached hydrogens (tertiary/aromatic N) is 2. The molecule has 1 N–H and O–H groups in total. The second-order valence-electron chi connectivity index (χ2n) is 6.02. The average molecular weight is 424 g/mol. The number of hydrogen-bond donors (Lipinski definition) is 1. The molecule has 1 heterocycles. The molecule has 0 saturated heterocycles. The molecule has 0 aliphatic carbocycles. The van der Waals surface area contributed by atoms with Gasteiger partial charge < -0.3 is 10.1 Å². The van der Waals surface area contributed by atoms with Crippen LogP contribution in [0, 0.1) is 10.1 Å². The average Bonchev–Trinajstić information content (AvgIpc) is 2.65. The van der Waals surface area contributed by atoms with Crippen molar-refractivity contribution < 1.29 is 19.2 Å². The van der Waals surface area contributed by atoms with E-state index in [0.717, 1.165) is 0 Å². The Kier molecular flexibility index (Phi) is 5.71. The van der Waals surface area contributed by atoms with Gasteiger partial charge in [-0.25, -0.2) is 0 Å². The van der Waals surface area contributed by atoms with E-state index in [2.05, 4.69) is 5.32 Å². The Morgan fingerprint density at radius 1 is 1.29 bits per heavy atom. The fraction of sp³-hybridized carbons (Fsp3) is 0.222. The van der Waals surface area contributed by atoms with Gasteiger partial charge in [0.1, 0.15) is 12.3 Å². The Labute approximate surface area is 170 Å². The first-order valence-electron chi connectivity index (χ1n) is 8.31. The summed E-state index contributed by atoms with van der Waals surface area (Å²) in [4.78, 5) is 36.9. The first-order chi connectivity index (χ1) is 13.3. The van der Waals surface area contributed by atoms with Gasteiger partial charge in [0.05, 0.1) is 21.3 Å². The molecular weight excluding hydrogens is 409 g/mol. The van der Waals surface area contributed by atoms with Gasteiger partial charge in [0, 0.05) is 17.2 Å². The molecule has 2 aromatic rings. The SMILES string of the molecule is CCC1Oc2ccc([N+](=O)[O-])cc2N(CC(=O)Nc2ccc(Cl)cc2Cl)C1=O. The Bertz CT molecular complexity index is 966. The molecule has 0 radical (unpaired) electrons. The third-order valence-electron chi connectivity index (χ3n) is 4.13. The first kappa shape index (κ1) is 19.9. The molecule has 2 amide bonds. The summed E-state index contributed by atoms with van der Waals surface area (Å²) in [6.45, 7) is 1.41. The lowest BCUT2D eigenvalue weighted by molar-refractivity contribution is -0.384. The van der Waals surface area contributed by atoms with Crippen molar-refractivity contribution in [2.75, 3.05) is 16.8 Å². The molecule has 0 saturated carbocycles. The summed E-state index contributed by atoms with van der Waals surface area (Å²) >= 11 is 11.9. The minimum absolute atomic E-state index is 0.168. The second kappa shape index (κ2) is 8.04. The molecule has 146 valence electrons. The van der Waals surface area contributed by atoms with Gasteiger partial charge in [0.15, 0.2) is 6.10 Å². The van der Waals surface area contributed by atoms with Crippen molar-refractivity contribution >= 4 is 52.1 Å². The van der Waals surface area contributed by atoms with E-state index in [4.69, 9.17) is 27.9 Å². The second-order valence-corrected chi connectivity index (χ2v) is 6.86. The summed E-state index contributed by atoms with van der Waals surface area (Å²) in [6, 6.07) is 8.49. The quantitative estimate of drug-likeness (QED) is 0.577. The van der Waals surface area contributed by atoms with Crippen molar-refractivity contribution in [1.82, 2.24) is 0 Å². The van der Waals surface area contributed by atoms with Crippen LogP contribution in [0.1, 0.15) is 13.3 Å². The number of nitro benzene ring substituents is 1. The van der Waals surface area contributed by atoms with Gasteiger partial charge in [-0.3, -0.25) is 24.6 Å². The number of rotatable bonds is 5. The lowest BCUT2D eigenvalue weighted by atomic mass is 10.1. The van der Waals surface area contributed by atoms with Crippen LogP contribution in [0.3, 0.4) is 0 Å². The maximum absolute atomic E-state index is 12.7. The summed E-state index contributed by atoms with van der Waals surface area (Å²) in [7, 11) is 0. The molecule has 1 aliphatic heterocycles. The van der Waals surface area contributed by atoms with E-state index in [1.165, 1.54) is 35.2 Å². The van der Waals surface area contributed by atoms with Crippen molar-refractivity contribution in [3.05, 3.63) is 56.6 Å². The van der Waals surface area contributed by atoms with E-state index < -0.39 is 22.8 Å². The van der Waals surface area contributed by atoms with Crippen LogP contribution >= 0.6 is 23.2 Å². The van der Waals surface area contributed by atoms with Gasteiger partial charge in [0.25, 0.3) is 11.6 Å². The number of nitrogens with one attached hydrogen (secondary N) is 1. The Balaban J connectivity index is 1.88. The molecule has 28 heavy (non-hydrogen) atoms. The predicted molar refractivity (Wildman–Crippen MR) is 105 cm³/mol. The summed E-state index contributed by atoms with van der Waals surface area (Å²) in [6.07, 6.45) is -0.392. The molecule has 1 aliphatic rings. The van der Waals surface area contributed by atoms with Crippen LogP contribution in [0.4, 0.5) is 17.1 Å². The van der Waals surface area contributed by atoms with E-state index in [-0.39, 0.29) is 22.9 Å². The molecule has 3 rings (SSSR count). The van der Waals surface area contributed by atoms with E-state index in [9.17, 15) is 19.7 Å². The number of benzene rings is 2. The van der Waals surface area contributed by atoms with Gasteiger partial charge >= 0.3 is 0 Å². The van der Waals surface area contributed by atoms with E-state index in [1.54, 1.807) is 13.0 Å². The maximum Gasteiger partial charge on any atom is 0.271 e. The van der Waals surface area contributed by atoms with E-state index >= 15 is 0 Å². The maximum atomic E-state index is 12.7. The zero-order valence-corrected chi connectivity index (χ0v) is 16.2. The molecule has 0 aromatic heterocycles. The molecule has 0 spiro atoms. The topological polar surface area (TPSA) is 102 Å². The first-order valence-corrected chi connectivity index (χ1v) is 9.07. The van der Waals surface area contributed by atoms with Gasteiger partial charge in [-0.15, -0.1) is 0 Å². The van der Waals surface area contributed by atoms with Crippen molar-refractivity contribution in [2.24, 2.45) is 0 Å². The highest BCUT2D eigenvalue weighted by molar-refractivity contribution is 6.36. The molecule has 0 fully saturated rings. The van der Waals surface area contributed by atoms with Gasteiger partial charge in [-0.05, 0) is 30.7 Å². The van der Waals surface area contributed by atoms with Crippen molar-refractivity contribution in [2.45, 2.75) is 19.4 Å². The van der Waals surface area contributed by atoms with E-state index in [1.807, 2.05) is 0 Å². The number of hydrogen-bond acceptors (Lipinski definition) is 5. The third-order valence-corrected chi connectivity index (χ3v) is 4.68. The Morgan fingerprint density at radius 3 is 2.68 bits per heavy atom. The fourth-order valence-electron chi connectivity index (χ4n) is 2.77. The molecule has 10 heteroatoms. The van der Waals surface area contributed by atoms with Crippen LogP contribution in [0.25, 0.3) is 0 Å². The van der Waals surface area contributed by atoms with Gasteiger partial charge in [-0.1, -0.05) is 30.1 Å². The van der Waals surface area contributed by atoms with Crippen LogP contribution in [0.5, 0.6) is 5.75 Å². The summed E-state index contributed by atoms with van der Waals surface area (Å²) < 4.78 is 5.61. The van der Waals surface area contributed by atoms with Crippen molar-refractivity contribution in [1.29, 1.82) is 0 Å². The number of carbonyl (C=O) groups excluding carboxylic acids is 2. The van der Waals surface area contributed by atoms with Gasteiger partial charge in [-0.2, -0.15) is 0 Å².